The first-order valence-corrected chi connectivity index (χ1v) is 11.4. The van der Waals surface area contributed by atoms with E-state index < -0.39 is 23.5 Å². The molecule has 1 N–H and O–H groups in total. The first-order chi connectivity index (χ1) is 16.5. The monoisotopic (exact) mass is 472 g/mol. The number of hydrogen-bond acceptors (Lipinski definition) is 4. The van der Waals surface area contributed by atoms with Gasteiger partial charge in [-0.3, -0.25) is 14.5 Å². The van der Waals surface area contributed by atoms with Gasteiger partial charge in [0.05, 0.1) is 11.6 Å². The van der Waals surface area contributed by atoms with Crippen LogP contribution in [0.3, 0.4) is 0 Å². The lowest BCUT2D eigenvalue weighted by molar-refractivity contribution is -0.132. The van der Waals surface area contributed by atoms with Crippen LogP contribution in [0.4, 0.5) is 15.8 Å². The zero-order valence-corrected chi connectivity index (χ0v) is 20.5. The van der Waals surface area contributed by atoms with Crippen molar-refractivity contribution in [1.29, 1.82) is 0 Å². The van der Waals surface area contributed by atoms with Crippen molar-refractivity contribution in [2.75, 3.05) is 23.9 Å². The van der Waals surface area contributed by atoms with Crippen LogP contribution in [-0.2, 0) is 15.0 Å². The van der Waals surface area contributed by atoms with E-state index in [0.717, 1.165) is 11.3 Å². The second kappa shape index (κ2) is 9.02. The molecular formula is C29H29FN2O3. The summed E-state index contributed by atoms with van der Waals surface area (Å²) in [5, 5.41) is 11.1. The summed E-state index contributed by atoms with van der Waals surface area (Å²) >= 11 is 0. The second-order valence-corrected chi connectivity index (χ2v) is 9.96. The topological polar surface area (TPSA) is 60.9 Å². The van der Waals surface area contributed by atoms with Gasteiger partial charge in [0.1, 0.15) is 11.6 Å². The lowest BCUT2D eigenvalue weighted by atomic mass is 9.85. The Morgan fingerprint density at radius 1 is 0.886 bits per heavy atom. The first kappa shape index (κ1) is 24.2. The number of carbonyl (C=O) groups excluding carboxylic acids is 2. The van der Waals surface area contributed by atoms with Gasteiger partial charge in [0, 0.05) is 31.0 Å². The molecule has 0 saturated carbocycles. The Balaban J connectivity index is 1.90. The molecule has 1 amide bonds. The van der Waals surface area contributed by atoms with E-state index in [1.807, 2.05) is 55.4 Å². The Morgan fingerprint density at radius 2 is 1.46 bits per heavy atom. The maximum absolute atomic E-state index is 13.5. The first-order valence-electron chi connectivity index (χ1n) is 11.4. The summed E-state index contributed by atoms with van der Waals surface area (Å²) in [6.07, 6.45) is 0. The number of aliphatic hydroxyl groups excluding tert-OH is 1. The minimum Gasteiger partial charge on any atom is -0.507 e. The van der Waals surface area contributed by atoms with Gasteiger partial charge in [0.2, 0.25) is 0 Å². The molecule has 1 fully saturated rings. The Hall–Kier alpha value is -3.93. The molecular weight excluding hydrogens is 443 g/mol. The summed E-state index contributed by atoms with van der Waals surface area (Å²) in [6, 6.07) is 19.4. The number of hydrogen-bond donors (Lipinski definition) is 1. The summed E-state index contributed by atoms with van der Waals surface area (Å²) in [4.78, 5) is 29.9. The highest BCUT2D eigenvalue weighted by Gasteiger charge is 2.47. The number of halogens is 1. The van der Waals surface area contributed by atoms with E-state index in [1.165, 1.54) is 29.2 Å². The number of ketones is 1. The summed E-state index contributed by atoms with van der Waals surface area (Å²) in [5.74, 6) is -2.30. The third kappa shape index (κ3) is 4.56. The standard InChI is InChI=1S/C29H29FN2O3/c1-29(2,3)20-10-6-18(7-11-20)25-24(26(33)19-8-12-21(30)13-9-19)27(34)28(35)32(25)23-16-14-22(15-17-23)31(4)5/h6-17,25,33H,1-5H3/b26-24-. The van der Waals surface area contributed by atoms with Crippen LogP contribution in [0.5, 0.6) is 0 Å². The number of rotatable bonds is 4. The minimum absolute atomic E-state index is 0.0261. The number of carbonyl (C=O) groups is 2. The molecule has 1 unspecified atom stereocenters. The van der Waals surface area contributed by atoms with E-state index >= 15 is 0 Å². The summed E-state index contributed by atoms with van der Waals surface area (Å²) in [5.41, 5.74) is 3.45. The summed E-state index contributed by atoms with van der Waals surface area (Å²) in [6.45, 7) is 6.32. The van der Waals surface area contributed by atoms with Gasteiger partial charge in [-0.15, -0.1) is 0 Å². The molecule has 0 bridgehead atoms. The maximum atomic E-state index is 13.5. The molecule has 1 atom stereocenters. The number of nitrogens with zero attached hydrogens (tertiary/aromatic N) is 2. The van der Waals surface area contributed by atoms with Gasteiger partial charge in [-0.25, -0.2) is 4.39 Å². The van der Waals surface area contributed by atoms with Crippen LogP contribution in [0.25, 0.3) is 5.76 Å². The average Bonchev–Trinajstić information content (AvgIpc) is 3.09. The molecule has 6 heteroatoms. The van der Waals surface area contributed by atoms with E-state index in [0.29, 0.717) is 11.3 Å². The van der Waals surface area contributed by atoms with Crippen LogP contribution in [0.2, 0.25) is 0 Å². The minimum atomic E-state index is -0.834. The van der Waals surface area contributed by atoms with Crippen LogP contribution in [0.1, 0.15) is 43.5 Å². The Bertz CT molecular complexity index is 1290. The van der Waals surface area contributed by atoms with Crippen LogP contribution in [0, 0.1) is 5.82 Å². The van der Waals surface area contributed by atoms with E-state index in [9.17, 15) is 19.1 Å². The predicted octanol–water partition coefficient (Wildman–Crippen LogP) is 5.82. The van der Waals surface area contributed by atoms with Gasteiger partial charge in [-0.05, 0) is 65.1 Å². The number of Topliss-reactive ketones (excluding diaryl/α,β-unsaturated/α-hetero) is 1. The lowest BCUT2D eigenvalue weighted by Gasteiger charge is -2.27. The average molecular weight is 473 g/mol. The molecule has 4 rings (SSSR count). The van der Waals surface area contributed by atoms with Crippen LogP contribution in [-0.4, -0.2) is 30.9 Å². The van der Waals surface area contributed by atoms with Gasteiger partial charge >= 0.3 is 0 Å². The number of benzene rings is 3. The number of amides is 1. The molecule has 1 aliphatic heterocycles. The molecule has 0 radical (unpaired) electrons. The van der Waals surface area contributed by atoms with E-state index in [1.54, 1.807) is 12.1 Å². The lowest BCUT2D eigenvalue weighted by Crippen LogP contribution is -2.29. The fourth-order valence-corrected chi connectivity index (χ4v) is 4.25. The summed E-state index contributed by atoms with van der Waals surface area (Å²) < 4.78 is 13.5. The Morgan fingerprint density at radius 3 is 1.97 bits per heavy atom. The zero-order chi connectivity index (χ0) is 25.5. The van der Waals surface area contributed by atoms with Crippen molar-refractivity contribution in [1.82, 2.24) is 0 Å². The molecule has 1 aliphatic rings. The van der Waals surface area contributed by atoms with Crippen LogP contribution >= 0.6 is 0 Å². The highest BCUT2D eigenvalue weighted by atomic mass is 19.1. The van der Waals surface area contributed by atoms with Crippen molar-refractivity contribution in [2.24, 2.45) is 0 Å². The zero-order valence-electron chi connectivity index (χ0n) is 20.5. The van der Waals surface area contributed by atoms with E-state index in [4.69, 9.17) is 0 Å². The van der Waals surface area contributed by atoms with Crippen molar-refractivity contribution >= 4 is 28.8 Å². The number of anilines is 2. The molecule has 180 valence electrons. The van der Waals surface area contributed by atoms with Crippen molar-refractivity contribution in [2.45, 2.75) is 32.2 Å². The predicted molar refractivity (Wildman–Crippen MR) is 137 cm³/mol. The quantitative estimate of drug-likeness (QED) is 0.296. The van der Waals surface area contributed by atoms with Gasteiger partial charge < -0.3 is 10.0 Å². The third-order valence-corrected chi connectivity index (χ3v) is 6.30. The van der Waals surface area contributed by atoms with Gasteiger partial charge in [-0.1, -0.05) is 45.0 Å². The third-order valence-electron chi connectivity index (χ3n) is 6.30. The Kier molecular flexibility index (Phi) is 6.24. The van der Waals surface area contributed by atoms with Crippen molar-refractivity contribution < 1.29 is 19.1 Å². The normalized spacial score (nSPS) is 17.7. The van der Waals surface area contributed by atoms with Crippen molar-refractivity contribution in [3.63, 3.8) is 0 Å². The van der Waals surface area contributed by atoms with Crippen LogP contribution in [0.15, 0.2) is 78.4 Å². The van der Waals surface area contributed by atoms with E-state index in [2.05, 4.69) is 20.8 Å². The smallest absolute Gasteiger partial charge is 0.300 e. The molecule has 3 aromatic carbocycles. The van der Waals surface area contributed by atoms with Gasteiger partial charge in [-0.2, -0.15) is 0 Å². The highest BCUT2D eigenvalue weighted by Crippen LogP contribution is 2.42. The largest absolute Gasteiger partial charge is 0.507 e. The molecule has 0 aliphatic carbocycles. The molecule has 3 aromatic rings. The summed E-state index contributed by atoms with van der Waals surface area (Å²) in [7, 11) is 3.83. The van der Waals surface area contributed by atoms with Crippen molar-refractivity contribution in [3.8, 4) is 0 Å². The van der Waals surface area contributed by atoms with E-state index in [-0.39, 0.29) is 22.3 Å². The molecule has 0 aromatic heterocycles. The van der Waals surface area contributed by atoms with Gasteiger partial charge in [0.25, 0.3) is 11.7 Å². The highest BCUT2D eigenvalue weighted by molar-refractivity contribution is 6.51. The van der Waals surface area contributed by atoms with Crippen LogP contribution < -0.4 is 9.80 Å². The molecule has 1 heterocycles. The fourth-order valence-electron chi connectivity index (χ4n) is 4.25. The fraction of sp³-hybridized carbons (Fsp3) is 0.241. The second-order valence-electron chi connectivity index (χ2n) is 9.96. The molecule has 35 heavy (non-hydrogen) atoms. The van der Waals surface area contributed by atoms with Gasteiger partial charge in [0.15, 0.2) is 0 Å². The molecule has 1 saturated heterocycles. The SMILES string of the molecule is CN(C)c1ccc(N2C(=O)C(=O)/C(=C(\O)c3ccc(F)cc3)C2c2ccc(C(C)(C)C)cc2)cc1. The Labute approximate surface area is 205 Å². The molecule has 5 nitrogen and oxygen atoms in total. The number of aliphatic hydroxyl groups is 1. The maximum Gasteiger partial charge on any atom is 0.300 e. The van der Waals surface area contributed by atoms with Crippen molar-refractivity contribution in [3.05, 3.63) is 101 Å². The molecule has 0 spiro atoms.